The zero-order valence-corrected chi connectivity index (χ0v) is 10.8. The van der Waals surface area contributed by atoms with Crippen molar-refractivity contribution in [3.8, 4) is 6.07 Å². The van der Waals surface area contributed by atoms with Gasteiger partial charge >= 0.3 is 0 Å². The van der Waals surface area contributed by atoms with E-state index in [4.69, 9.17) is 5.26 Å². The minimum absolute atomic E-state index is 0.417. The Kier molecular flexibility index (Phi) is 6.55. The van der Waals surface area contributed by atoms with E-state index < -0.39 is 5.54 Å². The summed E-state index contributed by atoms with van der Waals surface area (Å²) in [4.78, 5) is 2.22. The lowest BCUT2D eigenvalue weighted by Gasteiger charge is -2.29. The molecule has 3 heteroatoms. The van der Waals surface area contributed by atoms with Crippen LogP contribution in [-0.2, 0) is 0 Å². The van der Waals surface area contributed by atoms with Gasteiger partial charge in [0.2, 0.25) is 0 Å². The van der Waals surface area contributed by atoms with Gasteiger partial charge in [-0.15, -0.1) is 0 Å². The third kappa shape index (κ3) is 6.48. The lowest BCUT2D eigenvalue weighted by Crippen LogP contribution is -2.50. The van der Waals surface area contributed by atoms with Crippen molar-refractivity contribution in [2.75, 3.05) is 26.7 Å². The lowest BCUT2D eigenvalue weighted by atomic mass is 10.0. The van der Waals surface area contributed by atoms with Crippen molar-refractivity contribution in [2.24, 2.45) is 5.92 Å². The molecule has 3 nitrogen and oxygen atoms in total. The largest absolute Gasteiger partial charge is 0.303 e. The van der Waals surface area contributed by atoms with Crippen LogP contribution >= 0.6 is 0 Å². The molecule has 0 rings (SSSR count). The van der Waals surface area contributed by atoms with Crippen LogP contribution in [0.4, 0.5) is 0 Å². The van der Waals surface area contributed by atoms with E-state index in [1.807, 2.05) is 6.92 Å². The Hall–Kier alpha value is -0.590. The predicted octanol–water partition coefficient (Wildman–Crippen LogP) is 1.86. The van der Waals surface area contributed by atoms with Gasteiger partial charge in [-0.1, -0.05) is 20.8 Å². The Bertz CT molecular complexity index is 207. The van der Waals surface area contributed by atoms with Crippen LogP contribution in [0.1, 0.15) is 34.1 Å². The van der Waals surface area contributed by atoms with Crippen molar-refractivity contribution in [1.82, 2.24) is 10.2 Å². The maximum atomic E-state index is 9.16. The van der Waals surface area contributed by atoms with Gasteiger partial charge < -0.3 is 4.90 Å². The summed E-state index contributed by atoms with van der Waals surface area (Å²) in [5, 5.41) is 12.5. The van der Waals surface area contributed by atoms with Crippen LogP contribution in [0, 0.1) is 17.2 Å². The van der Waals surface area contributed by atoms with Crippen molar-refractivity contribution in [1.29, 1.82) is 5.26 Å². The quantitative estimate of drug-likeness (QED) is 0.698. The number of hydrogen-bond acceptors (Lipinski definition) is 3. The highest BCUT2D eigenvalue weighted by Crippen LogP contribution is 2.06. The van der Waals surface area contributed by atoms with Crippen molar-refractivity contribution >= 4 is 0 Å². The minimum Gasteiger partial charge on any atom is -0.303 e. The smallest absolute Gasteiger partial charge is 0.116 e. The normalized spacial score (nSPS) is 15.3. The number of rotatable bonds is 7. The van der Waals surface area contributed by atoms with Crippen molar-refractivity contribution in [3.63, 3.8) is 0 Å². The monoisotopic (exact) mass is 211 g/mol. The van der Waals surface area contributed by atoms with E-state index in [-0.39, 0.29) is 0 Å². The van der Waals surface area contributed by atoms with E-state index in [0.717, 1.165) is 26.1 Å². The first kappa shape index (κ1) is 14.4. The average Bonchev–Trinajstić information content (AvgIpc) is 2.13. The molecule has 0 amide bonds. The molecule has 0 aliphatic carbocycles. The Labute approximate surface area is 94.5 Å². The van der Waals surface area contributed by atoms with E-state index in [0.29, 0.717) is 5.92 Å². The molecule has 0 aromatic rings. The van der Waals surface area contributed by atoms with Gasteiger partial charge in [0.15, 0.2) is 0 Å². The highest BCUT2D eigenvalue weighted by Gasteiger charge is 2.24. The Balaban J connectivity index is 4.13. The van der Waals surface area contributed by atoms with Gasteiger partial charge in [-0.25, -0.2) is 0 Å². The molecular weight excluding hydrogens is 186 g/mol. The summed E-state index contributed by atoms with van der Waals surface area (Å²) in [5.74, 6) is 0.643. The second kappa shape index (κ2) is 6.81. The molecule has 0 saturated carbocycles. The number of nitriles is 1. The Morgan fingerprint density at radius 2 is 2.07 bits per heavy atom. The molecule has 88 valence electrons. The molecule has 0 radical (unpaired) electrons. The van der Waals surface area contributed by atoms with Crippen molar-refractivity contribution < 1.29 is 0 Å². The van der Waals surface area contributed by atoms with Gasteiger partial charge in [-0.2, -0.15) is 5.26 Å². The van der Waals surface area contributed by atoms with E-state index in [2.05, 4.69) is 44.1 Å². The summed E-state index contributed by atoms with van der Waals surface area (Å²) in [7, 11) is 2.07. The molecule has 0 aliphatic heterocycles. The summed E-state index contributed by atoms with van der Waals surface area (Å²) in [6.45, 7) is 11.2. The molecule has 0 aromatic carbocycles. The molecule has 0 bridgehead atoms. The third-order valence-electron chi connectivity index (χ3n) is 2.27. The average molecular weight is 211 g/mol. The van der Waals surface area contributed by atoms with Crippen LogP contribution in [0.5, 0.6) is 0 Å². The fourth-order valence-corrected chi connectivity index (χ4v) is 1.76. The molecule has 0 fully saturated rings. The molecule has 0 spiro atoms. The first-order chi connectivity index (χ1) is 6.93. The Morgan fingerprint density at radius 3 is 2.47 bits per heavy atom. The van der Waals surface area contributed by atoms with Gasteiger partial charge in [-0.3, -0.25) is 5.32 Å². The number of hydrogen-bond donors (Lipinski definition) is 1. The van der Waals surface area contributed by atoms with Gasteiger partial charge in [0.25, 0.3) is 0 Å². The summed E-state index contributed by atoms with van der Waals surface area (Å²) in [5.41, 5.74) is -0.417. The van der Waals surface area contributed by atoms with Gasteiger partial charge in [0.05, 0.1) is 6.07 Å². The number of nitrogens with one attached hydrogen (secondary N) is 1. The van der Waals surface area contributed by atoms with Gasteiger partial charge in [0.1, 0.15) is 5.54 Å². The van der Waals surface area contributed by atoms with E-state index in [9.17, 15) is 0 Å². The predicted molar refractivity (Wildman–Crippen MR) is 64.6 cm³/mol. The lowest BCUT2D eigenvalue weighted by molar-refractivity contribution is 0.238. The maximum absolute atomic E-state index is 9.16. The number of likely N-dealkylation sites (N-methyl/N-ethyl adjacent to an activating group) is 1. The first-order valence-electron chi connectivity index (χ1n) is 5.78. The summed E-state index contributed by atoms with van der Waals surface area (Å²) >= 11 is 0. The molecule has 1 unspecified atom stereocenters. The van der Waals surface area contributed by atoms with Gasteiger partial charge in [-0.05, 0) is 32.9 Å². The molecule has 1 atom stereocenters. The fraction of sp³-hybridized carbons (Fsp3) is 0.917. The van der Waals surface area contributed by atoms with E-state index >= 15 is 0 Å². The van der Waals surface area contributed by atoms with Crippen LogP contribution in [0.15, 0.2) is 0 Å². The Morgan fingerprint density at radius 1 is 1.47 bits per heavy atom. The van der Waals surface area contributed by atoms with Crippen LogP contribution in [-0.4, -0.2) is 37.1 Å². The molecule has 1 N–H and O–H groups in total. The van der Waals surface area contributed by atoms with Crippen LogP contribution < -0.4 is 5.32 Å². The minimum atomic E-state index is -0.417. The van der Waals surface area contributed by atoms with Crippen molar-refractivity contribution in [2.45, 2.75) is 39.7 Å². The summed E-state index contributed by atoms with van der Waals surface area (Å²) in [6, 6.07) is 2.36. The zero-order valence-electron chi connectivity index (χ0n) is 10.8. The molecule has 0 aliphatic rings. The number of nitrogens with zero attached hydrogens (tertiary/aromatic N) is 2. The van der Waals surface area contributed by atoms with Gasteiger partial charge in [0, 0.05) is 13.1 Å². The molecule has 15 heavy (non-hydrogen) atoms. The summed E-state index contributed by atoms with van der Waals surface area (Å²) in [6.07, 6.45) is 1.06. The van der Waals surface area contributed by atoms with E-state index in [1.165, 1.54) is 0 Å². The fourth-order valence-electron chi connectivity index (χ4n) is 1.76. The second-order valence-electron chi connectivity index (χ2n) is 4.96. The van der Waals surface area contributed by atoms with Crippen LogP contribution in [0.3, 0.4) is 0 Å². The maximum Gasteiger partial charge on any atom is 0.116 e. The van der Waals surface area contributed by atoms with Crippen molar-refractivity contribution in [3.05, 3.63) is 0 Å². The molecule has 0 saturated heterocycles. The standard InChI is InChI=1S/C12H25N3/c1-6-7-14-12(4,9-13)10-15(5)8-11(2)3/h11,14H,6-8,10H2,1-5H3. The summed E-state index contributed by atoms with van der Waals surface area (Å²) < 4.78 is 0. The second-order valence-corrected chi connectivity index (χ2v) is 4.96. The zero-order chi connectivity index (χ0) is 11.9. The SMILES string of the molecule is CCCNC(C)(C#N)CN(C)CC(C)C. The molecule has 0 aromatic heterocycles. The van der Waals surface area contributed by atoms with Crippen LogP contribution in [0.2, 0.25) is 0 Å². The topological polar surface area (TPSA) is 39.1 Å². The third-order valence-corrected chi connectivity index (χ3v) is 2.27. The van der Waals surface area contributed by atoms with Crippen LogP contribution in [0.25, 0.3) is 0 Å². The highest BCUT2D eigenvalue weighted by molar-refractivity contribution is 5.05. The van der Waals surface area contributed by atoms with E-state index in [1.54, 1.807) is 0 Å². The first-order valence-corrected chi connectivity index (χ1v) is 5.78. The molecular formula is C12H25N3. The highest BCUT2D eigenvalue weighted by atomic mass is 15.1. The molecule has 0 heterocycles.